The van der Waals surface area contributed by atoms with Crippen LogP contribution in [0.3, 0.4) is 0 Å². The fourth-order valence-corrected chi connectivity index (χ4v) is 1.39. The molecule has 3 nitrogen and oxygen atoms in total. The molecule has 1 aromatic rings. The van der Waals surface area contributed by atoms with E-state index in [-0.39, 0.29) is 11.6 Å². The topological polar surface area (TPSA) is 23.6 Å². The lowest BCUT2D eigenvalue weighted by Gasteiger charge is -2.35. The average Bonchev–Trinajstić information content (AvgIpc) is 2.26. The molecule has 1 rings (SSSR count). The van der Waals surface area contributed by atoms with Crippen molar-refractivity contribution < 1.29 is 4.79 Å². The summed E-state index contributed by atoms with van der Waals surface area (Å²) in [5, 5.41) is 0. The minimum atomic E-state index is -0.171. The average molecular weight is 234 g/mol. The molecule has 0 radical (unpaired) electrons. The van der Waals surface area contributed by atoms with E-state index in [0.717, 1.165) is 5.69 Å². The van der Waals surface area contributed by atoms with Crippen molar-refractivity contribution in [3.8, 4) is 0 Å². The van der Waals surface area contributed by atoms with Crippen LogP contribution in [-0.4, -0.2) is 30.6 Å². The highest BCUT2D eigenvalue weighted by Crippen LogP contribution is 2.18. The van der Waals surface area contributed by atoms with Crippen molar-refractivity contribution in [1.82, 2.24) is 4.90 Å². The van der Waals surface area contributed by atoms with Gasteiger partial charge in [0.25, 0.3) is 0 Å². The summed E-state index contributed by atoms with van der Waals surface area (Å²) in [6, 6.07) is 7.95. The zero-order chi connectivity index (χ0) is 13.2. The standard InChI is InChI=1S/C14H22N2O/c1-11-7-9-12(10-8-11)15(5)13(17)16(6)14(2,3)4/h7-10H,1-6H3. The zero-order valence-corrected chi connectivity index (χ0v) is 11.6. The van der Waals surface area contributed by atoms with Crippen LogP contribution < -0.4 is 4.90 Å². The van der Waals surface area contributed by atoms with E-state index in [9.17, 15) is 4.79 Å². The van der Waals surface area contributed by atoms with Crippen molar-refractivity contribution in [3.63, 3.8) is 0 Å². The van der Waals surface area contributed by atoms with Gasteiger partial charge in [-0.2, -0.15) is 0 Å². The number of rotatable bonds is 1. The van der Waals surface area contributed by atoms with Crippen molar-refractivity contribution in [2.75, 3.05) is 19.0 Å². The molecule has 0 saturated carbocycles. The van der Waals surface area contributed by atoms with Gasteiger partial charge >= 0.3 is 6.03 Å². The lowest BCUT2D eigenvalue weighted by atomic mass is 10.1. The monoisotopic (exact) mass is 234 g/mol. The van der Waals surface area contributed by atoms with Crippen LogP contribution in [0.25, 0.3) is 0 Å². The molecular weight excluding hydrogens is 212 g/mol. The third kappa shape index (κ3) is 3.22. The minimum Gasteiger partial charge on any atom is -0.323 e. The molecule has 0 bridgehead atoms. The summed E-state index contributed by atoms with van der Waals surface area (Å²) in [7, 11) is 3.63. The molecule has 2 amide bonds. The van der Waals surface area contributed by atoms with Gasteiger partial charge in [-0.05, 0) is 39.8 Å². The Bertz CT molecular complexity index is 390. The number of benzene rings is 1. The molecule has 0 aromatic heterocycles. The zero-order valence-electron chi connectivity index (χ0n) is 11.6. The third-order valence-corrected chi connectivity index (χ3v) is 3.00. The maximum Gasteiger partial charge on any atom is 0.324 e. The molecule has 0 unspecified atom stereocenters. The van der Waals surface area contributed by atoms with Crippen LogP contribution in [0.1, 0.15) is 26.3 Å². The van der Waals surface area contributed by atoms with Gasteiger partial charge in [-0.3, -0.25) is 4.90 Å². The Labute approximate surface area is 104 Å². The first-order chi connectivity index (χ1) is 7.73. The Kier molecular flexibility index (Phi) is 3.81. The van der Waals surface area contributed by atoms with Gasteiger partial charge in [-0.25, -0.2) is 4.79 Å². The maximum absolute atomic E-state index is 12.2. The number of amides is 2. The smallest absolute Gasteiger partial charge is 0.323 e. The van der Waals surface area contributed by atoms with Gasteiger partial charge in [0, 0.05) is 25.3 Å². The summed E-state index contributed by atoms with van der Waals surface area (Å²) in [5.74, 6) is 0. The van der Waals surface area contributed by atoms with Crippen molar-refractivity contribution >= 4 is 11.7 Å². The summed E-state index contributed by atoms with van der Waals surface area (Å²) in [6.07, 6.45) is 0. The summed E-state index contributed by atoms with van der Waals surface area (Å²) in [6.45, 7) is 8.10. The molecule has 3 heteroatoms. The number of nitrogens with zero attached hydrogens (tertiary/aromatic N) is 2. The number of carbonyl (C=O) groups is 1. The van der Waals surface area contributed by atoms with Gasteiger partial charge in [0.15, 0.2) is 0 Å². The van der Waals surface area contributed by atoms with Gasteiger partial charge < -0.3 is 4.90 Å². The van der Waals surface area contributed by atoms with Crippen molar-refractivity contribution in [1.29, 1.82) is 0 Å². The van der Waals surface area contributed by atoms with E-state index in [1.807, 2.05) is 59.0 Å². The quantitative estimate of drug-likeness (QED) is 0.731. The van der Waals surface area contributed by atoms with Gasteiger partial charge in [0.2, 0.25) is 0 Å². The Hall–Kier alpha value is -1.51. The fraction of sp³-hybridized carbons (Fsp3) is 0.500. The second kappa shape index (κ2) is 4.78. The van der Waals surface area contributed by atoms with E-state index < -0.39 is 0 Å². The number of hydrogen-bond acceptors (Lipinski definition) is 1. The lowest BCUT2D eigenvalue weighted by Crippen LogP contribution is -2.48. The molecule has 1 aromatic carbocycles. The molecule has 0 fully saturated rings. The normalized spacial score (nSPS) is 11.2. The van der Waals surface area contributed by atoms with Crippen LogP contribution in [0, 0.1) is 6.92 Å². The summed E-state index contributed by atoms with van der Waals surface area (Å²) >= 11 is 0. The number of urea groups is 1. The van der Waals surface area contributed by atoms with E-state index in [1.54, 1.807) is 16.8 Å². The minimum absolute atomic E-state index is 0.00125. The van der Waals surface area contributed by atoms with Crippen LogP contribution in [0.2, 0.25) is 0 Å². The van der Waals surface area contributed by atoms with Crippen LogP contribution in [0.5, 0.6) is 0 Å². The molecule has 17 heavy (non-hydrogen) atoms. The van der Waals surface area contributed by atoms with Crippen LogP contribution in [0.4, 0.5) is 10.5 Å². The molecule has 0 spiro atoms. The molecule has 0 aliphatic carbocycles. The highest BCUT2D eigenvalue weighted by atomic mass is 16.2. The summed E-state index contributed by atoms with van der Waals surface area (Å²) < 4.78 is 0. The van der Waals surface area contributed by atoms with E-state index in [1.165, 1.54) is 5.56 Å². The highest BCUT2D eigenvalue weighted by molar-refractivity contribution is 5.91. The maximum atomic E-state index is 12.2. The summed E-state index contributed by atoms with van der Waals surface area (Å²) in [5.41, 5.74) is 1.94. The number of aryl methyl sites for hydroxylation is 1. The van der Waals surface area contributed by atoms with Crippen molar-refractivity contribution in [2.45, 2.75) is 33.2 Å². The fourth-order valence-electron chi connectivity index (χ4n) is 1.39. The predicted molar refractivity (Wildman–Crippen MR) is 72.5 cm³/mol. The highest BCUT2D eigenvalue weighted by Gasteiger charge is 2.25. The molecule has 0 atom stereocenters. The van der Waals surface area contributed by atoms with Gasteiger partial charge in [-0.15, -0.1) is 0 Å². The van der Waals surface area contributed by atoms with Crippen LogP contribution in [-0.2, 0) is 0 Å². The number of carbonyl (C=O) groups excluding carboxylic acids is 1. The Morgan fingerprint density at radius 3 is 1.94 bits per heavy atom. The second-order valence-corrected chi connectivity index (χ2v) is 5.41. The first kappa shape index (κ1) is 13.6. The van der Waals surface area contributed by atoms with Crippen LogP contribution >= 0.6 is 0 Å². The first-order valence-corrected chi connectivity index (χ1v) is 5.81. The molecule has 0 heterocycles. The van der Waals surface area contributed by atoms with E-state index in [4.69, 9.17) is 0 Å². The van der Waals surface area contributed by atoms with Crippen LogP contribution in [0.15, 0.2) is 24.3 Å². The SMILES string of the molecule is Cc1ccc(N(C)C(=O)N(C)C(C)(C)C)cc1. The Balaban J connectivity index is 2.87. The first-order valence-electron chi connectivity index (χ1n) is 5.81. The molecule has 0 saturated heterocycles. The number of hydrogen-bond donors (Lipinski definition) is 0. The largest absolute Gasteiger partial charge is 0.324 e. The van der Waals surface area contributed by atoms with E-state index in [2.05, 4.69) is 0 Å². The summed E-state index contributed by atoms with van der Waals surface area (Å²) in [4.78, 5) is 15.6. The second-order valence-electron chi connectivity index (χ2n) is 5.41. The third-order valence-electron chi connectivity index (χ3n) is 3.00. The Morgan fingerprint density at radius 1 is 1.06 bits per heavy atom. The molecular formula is C14H22N2O. The van der Waals surface area contributed by atoms with Gasteiger partial charge in [0.05, 0.1) is 0 Å². The lowest BCUT2D eigenvalue weighted by molar-refractivity contribution is 0.173. The van der Waals surface area contributed by atoms with E-state index >= 15 is 0 Å². The van der Waals surface area contributed by atoms with Crippen molar-refractivity contribution in [3.05, 3.63) is 29.8 Å². The van der Waals surface area contributed by atoms with Crippen molar-refractivity contribution in [2.24, 2.45) is 0 Å². The predicted octanol–water partition coefficient (Wildman–Crippen LogP) is 3.28. The van der Waals surface area contributed by atoms with Gasteiger partial charge in [0.1, 0.15) is 0 Å². The molecule has 0 aliphatic rings. The van der Waals surface area contributed by atoms with E-state index in [0.29, 0.717) is 0 Å². The Morgan fingerprint density at radius 2 is 1.53 bits per heavy atom. The molecule has 0 N–H and O–H groups in total. The molecule has 94 valence electrons. The number of anilines is 1. The molecule has 0 aliphatic heterocycles. The van der Waals surface area contributed by atoms with Gasteiger partial charge in [-0.1, -0.05) is 17.7 Å².